The Bertz CT molecular complexity index is 300. The molecule has 0 rings (SSSR count). The van der Waals surface area contributed by atoms with Crippen molar-refractivity contribution in [1.29, 1.82) is 0 Å². The van der Waals surface area contributed by atoms with Crippen molar-refractivity contribution in [2.45, 2.75) is 39.3 Å². The second-order valence-corrected chi connectivity index (χ2v) is 4.33. The highest BCUT2D eigenvalue weighted by Gasteiger charge is 2.23. The molecule has 0 aromatic carbocycles. The molecule has 90 valence electrons. The summed E-state index contributed by atoms with van der Waals surface area (Å²) in [4.78, 5) is 22.7. The van der Waals surface area contributed by atoms with Gasteiger partial charge in [0.05, 0.1) is 0 Å². The Morgan fingerprint density at radius 1 is 1.38 bits per heavy atom. The van der Waals surface area contributed by atoms with Crippen LogP contribution in [0, 0.1) is 0 Å². The molecule has 0 aromatic rings. The van der Waals surface area contributed by atoms with E-state index < -0.39 is 12.1 Å². The molecule has 0 aliphatic carbocycles. The number of ether oxygens (including phenoxy) is 1. The summed E-state index contributed by atoms with van der Waals surface area (Å²) >= 11 is 0. The van der Waals surface area contributed by atoms with Crippen LogP contribution in [0.25, 0.3) is 0 Å². The molecule has 1 N–H and O–H groups in total. The van der Waals surface area contributed by atoms with Crippen LogP contribution < -0.4 is 5.32 Å². The first kappa shape index (κ1) is 14.4. The highest BCUT2D eigenvalue weighted by Crippen LogP contribution is 2.03. The minimum Gasteiger partial charge on any atom is -0.445 e. The summed E-state index contributed by atoms with van der Waals surface area (Å²) < 4.78 is 4.89. The zero-order chi connectivity index (χ0) is 12.8. The van der Waals surface area contributed by atoms with Gasteiger partial charge in [-0.3, -0.25) is 4.79 Å². The fourth-order valence-electron chi connectivity index (χ4n) is 0.969. The number of nitrogens with one attached hydrogen (secondary N) is 1. The van der Waals surface area contributed by atoms with E-state index in [1.54, 1.807) is 13.0 Å². The molecule has 1 amide bonds. The van der Waals surface area contributed by atoms with E-state index in [9.17, 15) is 9.59 Å². The van der Waals surface area contributed by atoms with Gasteiger partial charge in [-0.25, -0.2) is 4.79 Å². The van der Waals surface area contributed by atoms with Gasteiger partial charge in [-0.05, 0) is 33.8 Å². The van der Waals surface area contributed by atoms with Gasteiger partial charge >= 0.3 is 5.97 Å². The summed E-state index contributed by atoms with van der Waals surface area (Å²) in [6.07, 6.45) is 3.29. The molecule has 4 nitrogen and oxygen atoms in total. The average Bonchev–Trinajstić information content (AvgIpc) is 2.14. The Morgan fingerprint density at radius 3 is 2.31 bits per heavy atom. The lowest BCUT2D eigenvalue weighted by atomic mass is 10.1. The van der Waals surface area contributed by atoms with Crippen molar-refractivity contribution in [3.63, 3.8) is 0 Å². The Hall–Kier alpha value is -1.58. The van der Waals surface area contributed by atoms with Crippen molar-refractivity contribution < 1.29 is 14.3 Å². The normalized spacial score (nSPS) is 13.2. The molecule has 16 heavy (non-hydrogen) atoms. The minimum absolute atomic E-state index is 0.346. The molecule has 1 atom stereocenters. The highest BCUT2D eigenvalue weighted by molar-refractivity contribution is 5.88. The van der Waals surface area contributed by atoms with Crippen LogP contribution in [0.5, 0.6) is 0 Å². The van der Waals surface area contributed by atoms with Gasteiger partial charge in [-0.1, -0.05) is 12.7 Å². The molecule has 0 bridgehead atoms. The lowest BCUT2D eigenvalue weighted by Gasteiger charge is -2.23. The van der Waals surface area contributed by atoms with Gasteiger partial charge < -0.3 is 10.1 Å². The fraction of sp³-hybridized carbons (Fsp3) is 0.500. The van der Waals surface area contributed by atoms with Crippen LogP contribution in [0.4, 0.5) is 0 Å². The van der Waals surface area contributed by atoms with Gasteiger partial charge in [0.1, 0.15) is 0 Å². The minimum atomic E-state index is -0.908. The molecular weight excluding hydrogens is 206 g/mol. The molecule has 0 radical (unpaired) electrons. The maximum atomic E-state index is 11.7. The third kappa shape index (κ3) is 6.01. The maximum Gasteiger partial charge on any atom is 0.331 e. The first-order valence-corrected chi connectivity index (χ1v) is 5.08. The fourth-order valence-corrected chi connectivity index (χ4v) is 0.969. The third-order valence-electron chi connectivity index (χ3n) is 1.53. The summed E-state index contributed by atoms with van der Waals surface area (Å²) in [6.45, 7) is 10.6. The summed E-state index contributed by atoms with van der Waals surface area (Å²) in [5.74, 6) is -0.965. The quantitative estimate of drug-likeness (QED) is 0.449. The van der Waals surface area contributed by atoms with Gasteiger partial charge in [-0.2, -0.15) is 0 Å². The molecule has 0 aliphatic heterocycles. The van der Waals surface area contributed by atoms with Crippen molar-refractivity contribution in [1.82, 2.24) is 5.32 Å². The number of allylic oxidation sites excluding steroid dienone is 1. The van der Waals surface area contributed by atoms with Crippen LogP contribution in [0.3, 0.4) is 0 Å². The number of hydrogen-bond acceptors (Lipinski definition) is 3. The van der Waals surface area contributed by atoms with E-state index in [0.29, 0.717) is 0 Å². The summed E-state index contributed by atoms with van der Waals surface area (Å²) in [5, 5.41) is 2.73. The molecule has 4 heteroatoms. The predicted octanol–water partition coefficient (Wildman–Crippen LogP) is 1.57. The van der Waals surface area contributed by atoms with E-state index in [-0.39, 0.29) is 11.4 Å². The second kappa shape index (κ2) is 6.10. The topological polar surface area (TPSA) is 55.4 Å². The van der Waals surface area contributed by atoms with Crippen molar-refractivity contribution in [3.8, 4) is 0 Å². The first-order chi connectivity index (χ1) is 7.30. The van der Waals surface area contributed by atoms with Crippen LogP contribution in [-0.4, -0.2) is 23.5 Å². The van der Waals surface area contributed by atoms with Crippen molar-refractivity contribution in [2.24, 2.45) is 0 Å². The SMILES string of the molecule is C=CC(=O)OC(/C=C/C)C(=O)NC(C)(C)C. The molecular formula is C12H19NO3. The Morgan fingerprint density at radius 2 is 1.94 bits per heavy atom. The van der Waals surface area contributed by atoms with E-state index in [2.05, 4.69) is 11.9 Å². The Balaban J connectivity index is 4.59. The molecule has 0 aromatic heterocycles. The summed E-state index contributed by atoms with van der Waals surface area (Å²) in [6, 6.07) is 0. The zero-order valence-electron chi connectivity index (χ0n) is 10.2. The summed E-state index contributed by atoms with van der Waals surface area (Å²) in [7, 11) is 0. The molecule has 0 spiro atoms. The lowest BCUT2D eigenvalue weighted by Crippen LogP contribution is -2.46. The third-order valence-corrected chi connectivity index (χ3v) is 1.53. The maximum absolute atomic E-state index is 11.7. The molecule has 0 aliphatic rings. The molecule has 0 saturated heterocycles. The smallest absolute Gasteiger partial charge is 0.331 e. The van der Waals surface area contributed by atoms with E-state index in [0.717, 1.165) is 6.08 Å². The van der Waals surface area contributed by atoms with Gasteiger partial charge in [0.15, 0.2) is 6.10 Å². The van der Waals surface area contributed by atoms with Crippen LogP contribution in [0.1, 0.15) is 27.7 Å². The Labute approximate surface area is 96.4 Å². The number of carbonyl (C=O) groups is 2. The first-order valence-electron chi connectivity index (χ1n) is 5.08. The van der Waals surface area contributed by atoms with Crippen molar-refractivity contribution >= 4 is 11.9 Å². The number of amides is 1. The molecule has 0 saturated carbocycles. The summed E-state index contributed by atoms with van der Waals surface area (Å²) in [5.41, 5.74) is -0.364. The van der Waals surface area contributed by atoms with Gasteiger partial charge in [0.2, 0.25) is 0 Å². The van der Waals surface area contributed by atoms with Crippen LogP contribution in [-0.2, 0) is 14.3 Å². The van der Waals surface area contributed by atoms with Gasteiger partial charge in [0, 0.05) is 11.6 Å². The average molecular weight is 225 g/mol. The van der Waals surface area contributed by atoms with Crippen molar-refractivity contribution in [3.05, 3.63) is 24.8 Å². The van der Waals surface area contributed by atoms with E-state index in [1.165, 1.54) is 6.08 Å². The molecule has 1 unspecified atom stereocenters. The second-order valence-electron chi connectivity index (χ2n) is 4.33. The highest BCUT2D eigenvalue weighted by atomic mass is 16.5. The largest absolute Gasteiger partial charge is 0.445 e. The van der Waals surface area contributed by atoms with Crippen molar-refractivity contribution in [2.75, 3.05) is 0 Å². The van der Waals surface area contributed by atoms with Gasteiger partial charge in [0.25, 0.3) is 5.91 Å². The number of esters is 1. The molecule has 0 fully saturated rings. The number of carbonyl (C=O) groups excluding carboxylic acids is 2. The predicted molar refractivity (Wildman–Crippen MR) is 62.8 cm³/mol. The Kier molecular flexibility index (Phi) is 5.50. The van der Waals surface area contributed by atoms with Gasteiger partial charge in [-0.15, -0.1) is 0 Å². The van der Waals surface area contributed by atoms with Crippen LogP contribution in [0.2, 0.25) is 0 Å². The number of rotatable bonds is 4. The zero-order valence-corrected chi connectivity index (χ0v) is 10.2. The monoisotopic (exact) mass is 225 g/mol. The van der Waals surface area contributed by atoms with E-state index >= 15 is 0 Å². The van der Waals surface area contributed by atoms with Crippen LogP contribution in [0.15, 0.2) is 24.8 Å². The van der Waals surface area contributed by atoms with Crippen LogP contribution >= 0.6 is 0 Å². The van der Waals surface area contributed by atoms with E-state index in [1.807, 2.05) is 20.8 Å². The lowest BCUT2D eigenvalue weighted by molar-refractivity contribution is -0.149. The molecule has 0 heterocycles. The van der Waals surface area contributed by atoms with E-state index in [4.69, 9.17) is 4.74 Å². The number of hydrogen-bond donors (Lipinski definition) is 1. The standard InChI is InChI=1S/C12H19NO3/c1-6-8-9(16-10(14)7-2)11(15)13-12(3,4)5/h6-9H,2H2,1,3-5H3,(H,13,15)/b8-6+.